The molecule has 0 radical (unpaired) electrons. The van der Waals surface area contributed by atoms with Gasteiger partial charge in [0.15, 0.2) is 0 Å². The second-order valence-electron chi connectivity index (χ2n) is 4.29. The highest BCUT2D eigenvalue weighted by atomic mass is 15.2. The first-order valence-corrected chi connectivity index (χ1v) is 5.83. The van der Waals surface area contributed by atoms with Gasteiger partial charge in [0.1, 0.15) is 5.82 Å². The molecule has 94 valence electrons. The average molecular weight is 237 g/mol. The van der Waals surface area contributed by atoms with E-state index < -0.39 is 0 Å². The van der Waals surface area contributed by atoms with Crippen molar-refractivity contribution in [3.63, 3.8) is 0 Å². The molecular weight excluding hydrogens is 218 g/mol. The predicted molar refractivity (Wildman–Crippen MR) is 66.0 cm³/mol. The van der Waals surface area contributed by atoms with Crippen molar-refractivity contribution in [2.45, 2.75) is 25.4 Å². The molecular formula is C10H19N7. The number of rotatable bonds is 4. The second kappa shape index (κ2) is 5.24. The van der Waals surface area contributed by atoms with Crippen LogP contribution in [0.3, 0.4) is 0 Å². The highest BCUT2D eigenvalue weighted by Gasteiger charge is 2.24. The molecule has 0 spiro atoms. The minimum absolute atomic E-state index is 0.192. The standard InChI is InChI=1S/C10H19N7/c1-13-5-7-3-2-4-17(7)6-8-14-9(11)16-10(12)15-8/h7,13H,2-6H2,1H3,(H4,11,12,14,15,16). The van der Waals surface area contributed by atoms with E-state index in [1.165, 1.54) is 12.8 Å². The molecule has 2 heterocycles. The molecule has 17 heavy (non-hydrogen) atoms. The zero-order valence-electron chi connectivity index (χ0n) is 10.1. The summed E-state index contributed by atoms with van der Waals surface area (Å²) in [6.45, 7) is 2.73. The maximum atomic E-state index is 5.55. The molecule has 1 unspecified atom stereocenters. The lowest BCUT2D eigenvalue weighted by Crippen LogP contribution is -2.36. The van der Waals surface area contributed by atoms with E-state index in [1.807, 2.05) is 7.05 Å². The third kappa shape index (κ3) is 3.01. The first-order chi connectivity index (χ1) is 8.19. The van der Waals surface area contributed by atoms with Crippen LogP contribution in [0.5, 0.6) is 0 Å². The molecule has 1 atom stereocenters. The van der Waals surface area contributed by atoms with Gasteiger partial charge in [-0.15, -0.1) is 0 Å². The quantitative estimate of drug-likeness (QED) is 0.630. The molecule has 5 N–H and O–H groups in total. The zero-order valence-corrected chi connectivity index (χ0v) is 10.1. The van der Waals surface area contributed by atoms with Gasteiger partial charge < -0.3 is 16.8 Å². The lowest BCUT2D eigenvalue weighted by Gasteiger charge is -2.23. The van der Waals surface area contributed by atoms with Gasteiger partial charge in [0.05, 0.1) is 6.54 Å². The van der Waals surface area contributed by atoms with Gasteiger partial charge in [-0.2, -0.15) is 15.0 Å². The molecule has 1 aliphatic rings. The second-order valence-corrected chi connectivity index (χ2v) is 4.29. The van der Waals surface area contributed by atoms with Crippen LogP contribution in [0.1, 0.15) is 18.7 Å². The van der Waals surface area contributed by atoms with Crippen LogP contribution in [0.25, 0.3) is 0 Å². The summed E-state index contributed by atoms with van der Waals surface area (Å²) in [5, 5.41) is 3.20. The number of aromatic nitrogens is 3. The van der Waals surface area contributed by atoms with Crippen molar-refractivity contribution in [1.82, 2.24) is 25.2 Å². The maximum absolute atomic E-state index is 5.55. The topological polar surface area (TPSA) is 106 Å². The fourth-order valence-corrected chi connectivity index (χ4v) is 2.28. The SMILES string of the molecule is CNCC1CCCN1Cc1nc(N)nc(N)n1. The highest BCUT2D eigenvalue weighted by molar-refractivity contribution is 5.25. The van der Waals surface area contributed by atoms with E-state index in [4.69, 9.17) is 11.5 Å². The molecule has 7 nitrogen and oxygen atoms in total. The molecule has 0 amide bonds. The molecule has 7 heteroatoms. The van der Waals surface area contributed by atoms with Crippen LogP contribution < -0.4 is 16.8 Å². The fourth-order valence-electron chi connectivity index (χ4n) is 2.28. The van der Waals surface area contributed by atoms with Crippen molar-refractivity contribution in [3.8, 4) is 0 Å². The van der Waals surface area contributed by atoms with Crippen LogP contribution in [-0.4, -0.2) is 46.0 Å². The normalized spacial score (nSPS) is 20.9. The molecule has 1 aromatic rings. The van der Waals surface area contributed by atoms with Crippen LogP contribution in [0.4, 0.5) is 11.9 Å². The minimum Gasteiger partial charge on any atom is -0.368 e. The van der Waals surface area contributed by atoms with Crippen LogP contribution >= 0.6 is 0 Å². The summed E-state index contributed by atoms with van der Waals surface area (Å²) in [6, 6.07) is 0.541. The Hall–Kier alpha value is -1.47. The minimum atomic E-state index is 0.192. The Balaban J connectivity index is 2.04. The number of hydrogen-bond donors (Lipinski definition) is 3. The lowest BCUT2D eigenvalue weighted by atomic mass is 10.2. The predicted octanol–water partition coefficient (Wildman–Crippen LogP) is -0.780. The Morgan fingerprint density at radius 2 is 2.00 bits per heavy atom. The molecule has 2 rings (SSSR count). The Bertz CT molecular complexity index is 361. The number of nitrogens with zero attached hydrogens (tertiary/aromatic N) is 4. The Labute approximate surface area is 101 Å². The van der Waals surface area contributed by atoms with Gasteiger partial charge in [0, 0.05) is 12.6 Å². The number of nitrogen functional groups attached to an aromatic ring is 2. The van der Waals surface area contributed by atoms with Crippen LogP contribution in [-0.2, 0) is 6.54 Å². The molecule has 0 aliphatic carbocycles. The van der Waals surface area contributed by atoms with E-state index in [0.717, 1.165) is 13.1 Å². The summed E-state index contributed by atoms with van der Waals surface area (Å²) in [4.78, 5) is 14.3. The Morgan fingerprint density at radius 3 is 2.65 bits per heavy atom. The van der Waals surface area contributed by atoms with Gasteiger partial charge in [-0.05, 0) is 26.4 Å². The van der Waals surface area contributed by atoms with Crippen molar-refractivity contribution in [1.29, 1.82) is 0 Å². The van der Waals surface area contributed by atoms with Crippen molar-refractivity contribution in [2.75, 3.05) is 31.6 Å². The summed E-state index contributed by atoms with van der Waals surface area (Å²) < 4.78 is 0. The lowest BCUT2D eigenvalue weighted by molar-refractivity contribution is 0.236. The fraction of sp³-hybridized carbons (Fsp3) is 0.700. The van der Waals surface area contributed by atoms with Gasteiger partial charge >= 0.3 is 0 Å². The maximum Gasteiger partial charge on any atom is 0.225 e. The summed E-state index contributed by atoms with van der Waals surface area (Å²) in [6.07, 6.45) is 2.42. The third-order valence-corrected chi connectivity index (χ3v) is 3.00. The summed E-state index contributed by atoms with van der Waals surface area (Å²) in [7, 11) is 1.97. The van der Waals surface area contributed by atoms with E-state index in [2.05, 4.69) is 25.2 Å². The number of anilines is 2. The van der Waals surface area contributed by atoms with Crippen LogP contribution in [0, 0.1) is 0 Å². The number of likely N-dealkylation sites (N-methyl/N-ethyl adjacent to an activating group) is 1. The largest absolute Gasteiger partial charge is 0.368 e. The van der Waals surface area contributed by atoms with Crippen molar-refractivity contribution >= 4 is 11.9 Å². The summed E-state index contributed by atoms with van der Waals surface area (Å²) in [5.74, 6) is 1.03. The number of hydrogen-bond acceptors (Lipinski definition) is 7. The zero-order chi connectivity index (χ0) is 12.3. The van der Waals surface area contributed by atoms with E-state index in [0.29, 0.717) is 18.4 Å². The molecule has 1 fully saturated rings. The van der Waals surface area contributed by atoms with Gasteiger partial charge in [0.2, 0.25) is 11.9 Å². The molecule has 1 aromatic heterocycles. The van der Waals surface area contributed by atoms with E-state index in [9.17, 15) is 0 Å². The van der Waals surface area contributed by atoms with Crippen molar-refractivity contribution in [2.24, 2.45) is 0 Å². The van der Waals surface area contributed by atoms with Gasteiger partial charge in [-0.1, -0.05) is 0 Å². The summed E-state index contributed by atoms with van der Waals surface area (Å²) in [5.41, 5.74) is 11.1. The Kier molecular flexibility index (Phi) is 3.70. The van der Waals surface area contributed by atoms with Gasteiger partial charge in [0.25, 0.3) is 0 Å². The molecule has 0 bridgehead atoms. The number of likely N-dealkylation sites (tertiary alicyclic amines) is 1. The van der Waals surface area contributed by atoms with E-state index in [1.54, 1.807) is 0 Å². The first kappa shape index (κ1) is 12.0. The van der Waals surface area contributed by atoms with E-state index >= 15 is 0 Å². The highest BCUT2D eigenvalue weighted by Crippen LogP contribution is 2.18. The molecule has 1 aliphatic heterocycles. The molecule has 0 saturated carbocycles. The van der Waals surface area contributed by atoms with Crippen LogP contribution in [0.2, 0.25) is 0 Å². The summed E-state index contributed by atoms with van der Waals surface area (Å²) >= 11 is 0. The average Bonchev–Trinajstić information content (AvgIpc) is 2.65. The monoisotopic (exact) mass is 237 g/mol. The first-order valence-electron chi connectivity index (χ1n) is 5.83. The molecule has 1 saturated heterocycles. The van der Waals surface area contributed by atoms with Crippen molar-refractivity contribution in [3.05, 3.63) is 5.82 Å². The number of nitrogens with two attached hydrogens (primary N) is 2. The van der Waals surface area contributed by atoms with E-state index in [-0.39, 0.29) is 11.9 Å². The van der Waals surface area contributed by atoms with Gasteiger partial charge in [-0.3, -0.25) is 4.90 Å². The molecule has 0 aromatic carbocycles. The number of nitrogens with one attached hydrogen (secondary N) is 1. The Morgan fingerprint density at radius 1 is 1.29 bits per heavy atom. The van der Waals surface area contributed by atoms with Crippen LogP contribution in [0.15, 0.2) is 0 Å². The smallest absolute Gasteiger partial charge is 0.225 e. The van der Waals surface area contributed by atoms with Gasteiger partial charge in [-0.25, -0.2) is 0 Å². The van der Waals surface area contributed by atoms with Crippen molar-refractivity contribution < 1.29 is 0 Å². The third-order valence-electron chi connectivity index (χ3n) is 3.00.